The highest BCUT2D eigenvalue weighted by Gasteiger charge is 2.22. The van der Waals surface area contributed by atoms with E-state index < -0.39 is 6.04 Å². The summed E-state index contributed by atoms with van der Waals surface area (Å²) >= 11 is 0. The second-order valence-corrected chi connectivity index (χ2v) is 11.4. The summed E-state index contributed by atoms with van der Waals surface area (Å²) in [6, 6.07) is 47.8. The van der Waals surface area contributed by atoms with E-state index >= 15 is 0 Å². The van der Waals surface area contributed by atoms with Crippen LogP contribution < -0.4 is 4.90 Å². The number of nitrogens with zero attached hydrogens (tertiary/aromatic N) is 1. The van der Waals surface area contributed by atoms with E-state index in [0.29, 0.717) is 5.56 Å². The third-order valence-electron chi connectivity index (χ3n) is 8.73. The SMILES string of the molecule is [2H]c1c([2H])c([2H])c(-c2ccc(N(c3ccc(-c4cccc5ccccc45)cc3)c3cc4ccccc4c4oc5ccccc5c34)cc2)c([2H])c1[2H]. The summed E-state index contributed by atoms with van der Waals surface area (Å²) in [4.78, 5) is 2.20. The smallest absolute Gasteiger partial charge is 0.145 e. The van der Waals surface area contributed by atoms with Crippen LogP contribution >= 0.6 is 0 Å². The first-order valence-corrected chi connectivity index (χ1v) is 15.3. The number of hydrogen-bond acceptors (Lipinski definition) is 2. The number of hydrogen-bond donors (Lipinski definition) is 0. The van der Waals surface area contributed by atoms with Gasteiger partial charge in [-0.25, -0.2) is 0 Å². The van der Waals surface area contributed by atoms with Gasteiger partial charge >= 0.3 is 0 Å². The van der Waals surface area contributed by atoms with Crippen LogP contribution in [0.4, 0.5) is 17.1 Å². The molecule has 0 bridgehead atoms. The molecule has 1 aromatic heterocycles. The third kappa shape index (κ3) is 4.35. The van der Waals surface area contributed by atoms with Crippen molar-refractivity contribution in [1.29, 1.82) is 0 Å². The van der Waals surface area contributed by atoms with Crippen molar-refractivity contribution in [2.24, 2.45) is 0 Å². The molecule has 2 heteroatoms. The maximum Gasteiger partial charge on any atom is 0.145 e. The maximum atomic E-state index is 8.55. The molecule has 0 amide bonds. The highest BCUT2D eigenvalue weighted by molar-refractivity contribution is 6.21. The van der Waals surface area contributed by atoms with Gasteiger partial charge in [-0.2, -0.15) is 0 Å². The number of anilines is 3. The Balaban J connectivity index is 1.27. The standard InChI is InChI=1S/C44H29NO/c1-2-11-30(12-3-1)31-21-25-35(26-22-31)45(36-27-23-33(24-28-36)38-19-10-15-32-13-4-6-16-37(32)38)41-29-34-14-5-7-17-39(34)44-43(41)40-18-8-9-20-42(40)46-44/h1-29H/i1D,2D,3D,11D,12D. The van der Waals surface area contributed by atoms with Crippen molar-refractivity contribution in [1.82, 2.24) is 0 Å². The fourth-order valence-corrected chi connectivity index (χ4v) is 6.58. The van der Waals surface area contributed by atoms with Gasteiger partial charge in [0.1, 0.15) is 11.2 Å². The Hall–Kier alpha value is -6.12. The van der Waals surface area contributed by atoms with Crippen molar-refractivity contribution in [3.05, 3.63) is 176 Å². The number of fused-ring (bicyclic) bond motifs is 6. The van der Waals surface area contributed by atoms with E-state index in [4.69, 9.17) is 11.3 Å². The molecule has 0 N–H and O–H groups in total. The van der Waals surface area contributed by atoms with Gasteiger partial charge in [0.05, 0.1) is 17.9 Å². The summed E-state index contributed by atoms with van der Waals surface area (Å²) < 4.78 is 48.1. The van der Waals surface area contributed by atoms with Crippen LogP contribution in [0, 0.1) is 0 Å². The topological polar surface area (TPSA) is 16.4 Å². The van der Waals surface area contributed by atoms with Crippen LogP contribution in [-0.2, 0) is 0 Å². The minimum atomic E-state index is -0.406. The molecule has 0 atom stereocenters. The third-order valence-corrected chi connectivity index (χ3v) is 8.73. The van der Waals surface area contributed by atoms with Crippen LogP contribution in [-0.4, -0.2) is 0 Å². The van der Waals surface area contributed by atoms with E-state index in [-0.39, 0.29) is 29.7 Å². The fraction of sp³-hybridized carbons (Fsp3) is 0. The van der Waals surface area contributed by atoms with Crippen LogP contribution in [0.3, 0.4) is 0 Å². The predicted molar refractivity (Wildman–Crippen MR) is 194 cm³/mol. The predicted octanol–water partition coefficient (Wildman–Crippen LogP) is 12.7. The zero-order valence-corrected chi connectivity index (χ0v) is 24.7. The van der Waals surface area contributed by atoms with Crippen LogP contribution in [0.5, 0.6) is 0 Å². The minimum Gasteiger partial charge on any atom is -0.455 e. The zero-order chi connectivity index (χ0) is 34.8. The number of furan rings is 1. The quantitative estimate of drug-likeness (QED) is 0.198. The summed E-state index contributed by atoms with van der Waals surface area (Å²) in [5.74, 6) is 0. The van der Waals surface area contributed by atoms with E-state index in [1.165, 1.54) is 10.8 Å². The first-order chi connectivity index (χ1) is 24.9. The molecule has 0 radical (unpaired) electrons. The lowest BCUT2D eigenvalue weighted by Crippen LogP contribution is -2.10. The summed E-state index contributed by atoms with van der Waals surface area (Å²) in [6.45, 7) is 0. The Labute approximate surface area is 274 Å². The average molecular weight is 593 g/mol. The number of rotatable bonds is 5. The molecule has 0 aliphatic carbocycles. The van der Waals surface area contributed by atoms with Gasteiger partial charge in [-0.1, -0.05) is 139 Å². The molecule has 0 unspecified atom stereocenters. The van der Waals surface area contributed by atoms with Gasteiger partial charge in [-0.15, -0.1) is 0 Å². The second kappa shape index (κ2) is 10.8. The molecule has 216 valence electrons. The van der Waals surface area contributed by atoms with E-state index in [2.05, 4.69) is 95.9 Å². The minimum absolute atomic E-state index is 0.174. The molecule has 0 aliphatic heterocycles. The average Bonchev–Trinajstić information content (AvgIpc) is 3.57. The Morgan fingerprint density at radius 2 is 1.09 bits per heavy atom. The van der Waals surface area contributed by atoms with Crippen LogP contribution in [0.25, 0.3) is 65.7 Å². The van der Waals surface area contributed by atoms with Crippen LogP contribution in [0.1, 0.15) is 6.85 Å². The first-order valence-electron chi connectivity index (χ1n) is 17.8. The lowest BCUT2D eigenvalue weighted by atomic mass is 9.97. The van der Waals surface area contributed by atoms with Crippen molar-refractivity contribution < 1.29 is 11.3 Å². The molecule has 46 heavy (non-hydrogen) atoms. The molecule has 9 rings (SSSR count). The van der Waals surface area contributed by atoms with E-state index in [9.17, 15) is 0 Å². The largest absolute Gasteiger partial charge is 0.455 e. The van der Waals surface area contributed by atoms with Crippen molar-refractivity contribution in [3.8, 4) is 22.3 Å². The van der Waals surface area contributed by atoms with Crippen molar-refractivity contribution in [2.45, 2.75) is 0 Å². The highest BCUT2D eigenvalue weighted by Crippen LogP contribution is 2.46. The molecular formula is C44H29NO. The second-order valence-electron chi connectivity index (χ2n) is 11.4. The summed E-state index contributed by atoms with van der Waals surface area (Å²) in [5, 5.41) is 6.42. The number of benzene rings is 8. The Morgan fingerprint density at radius 1 is 0.478 bits per heavy atom. The highest BCUT2D eigenvalue weighted by atomic mass is 16.3. The molecule has 2 nitrogen and oxygen atoms in total. The van der Waals surface area contributed by atoms with Gasteiger partial charge in [-0.3, -0.25) is 0 Å². The lowest BCUT2D eigenvalue weighted by Gasteiger charge is -2.27. The molecule has 9 aromatic rings. The van der Waals surface area contributed by atoms with Crippen molar-refractivity contribution in [3.63, 3.8) is 0 Å². The van der Waals surface area contributed by atoms with Crippen LogP contribution in [0.2, 0.25) is 0 Å². The number of para-hydroxylation sites is 1. The van der Waals surface area contributed by atoms with Crippen molar-refractivity contribution in [2.75, 3.05) is 4.90 Å². The van der Waals surface area contributed by atoms with E-state index in [1.54, 1.807) is 0 Å². The summed E-state index contributed by atoms with van der Waals surface area (Å²) in [5.41, 5.74) is 7.27. The van der Waals surface area contributed by atoms with Gasteiger partial charge in [0, 0.05) is 22.1 Å². The van der Waals surface area contributed by atoms with Gasteiger partial charge < -0.3 is 9.32 Å². The summed E-state index contributed by atoms with van der Waals surface area (Å²) in [7, 11) is 0. The molecule has 1 heterocycles. The lowest BCUT2D eigenvalue weighted by molar-refractivity contribution is 0.672. The maximum absolute atomic E-state index is 8.55. The molecule has 8 aromatic carbocycles. The van der Waals surface area contributed by atoms with Gasteiger partial charge in [0.2, 0.25) is 0 Å². The molecule has 0 saturated carbocycles. The van der Waals surface area contributed by atoms with Gasteiger partial charge in [0.15, 0.2) is 0 Å². The molecule has 0 saturated heterocycles. The molecule has 0 aliphatic rings. The summed E-state index contributed by atoms with van der Waals surface area (Å²) in [6.07, 6.45) is 0. The van der Waals surface area contributed by atoms with E-state index in [1.807, 2.05) is 54.6 Å². The van der Waals surface area contributed by atoms with Crippen molar-refractivity contribution >= 4 is 60.5 Å². The Bertz CT molecular complexity index is 2770. The molecular weight excluding hydrogens is 558 g/mol. The normalized spacial score (nSPS) is 13.0. The van der Waals surface area contributed by atoms with Crippen LogP contribution in [0.15, 0.2) is 180 Å². The van der Waals surface area contributed by atoms with E-state index in [0.717, 1.165) is 60.9 Å². The molecule has 0 fully saturated rings. The van der Waals surface area contributed by atoms with Gasteiger partial charge in [0.25, 0.3) is 0 Å². The van der Waals surface area contributed by atoms with Gasteiger partial charge in [-0.05, 0) is 74.8 Å². The fourth-order valence-electron chi connectivity index (χ4n) is 6.58. The molecule has 0 spiro atoms. The zero-order valence-electron chi connectivity index (χ0n) is 29.7. The Morgan fingerprint density at radius 3 is 1.85 bits per heavy atom. The Kier molecular flexibility index (Phi) is 5.06. The monoisotopic (exact) mass is 592 g/mol. The first kappa shape index (κ1) is 21.6.